The Kier molecular flexibility index (Phi) is 7.47. The number of halogens is 1. The van der Waals surface area contributed by atoms with Crippen LogP contribution in [-0.2, 0) is 21.4 Å². The smallest absolute Gasteiger partial charge is 0.237 e. The Hall–Kier alpha value is -2.62. The molecule has 2 aliphatic heterocycles. The number of likely N-dealkylation sites (tertiary alicyclic amines) is 1. The standard InChI is InChI=1S/C22H26BrN7O5S2/c1-37(32,33)27-10-18(31)29-5-2-13(3-6-29)4-7-30-21-19(20(24)25-11-26-21)28-22(30)36-17-9-16-15(8-14(17)23)34-12-35-16/h8-9,11,13,27H,2-7,10,12H2,1H3,(H2,24,25,26). The van der Waals surface area contributed by atoms with E-state index in [2.05, 4.69) is 35.2 Å². The number of aryl methyl sites for hydroxylation is 1. The topological polar surface area (TPSA) is 155 Å². The van der Waals surface area contributed by atoms with Crippen LogP contribution in [-0.4, -0.2) is 71.4 Å². The number of ether oxygens (including phenoxy) is 2. The fourth-order valence-electron chi connectivity index (χ4n) is 4.38. The van der Waals surface area contributed by atoms with Gasteiger partial charge in [0.25, 0.3) is 0 Å². The van der Waals surface area contributed by atoms with E-state index >= 15 is 0 Å². The van der Waals surface area contributed by atoms with Crippen LogP contribution in [0.3, 0.4) is 0 Å². The molecule has 5 rings (SSSR count). The van der Waals surface area contributed by atoms with E-state index < -0.39 is 10.0 Å². The molecule has 0 saturated carbocycles. The minimum atomic E-state index is -3.40. The van der Waals surface area contributed by atoms with Gasteiger partial charge in [-0.2, -0.15) is 0 Å². The molecule has 198 valence electrons. The van der Waals surface area contributed by atoms with Crippen LogP contribution in [0.15, 0.2) is 33.0 Å². The number of fused-ring (bicyclic) bond motifs is 2. The molecule has 2 aliphatic rings. The number of aromatic nitrogens is 4. The molecule has 0 unspecified atom stereocenters. The normalized spacial score (nSPS) is 16.0. The summed E-state index contributed by atoms with van der Waals surface area (Å²) in [5.74, 6) is 1.89. The first-order chi connectivity index (χ1) is 17.7. The quantitative estimate of drug-likeness (QED) is 0.387. The number of nitrogens with zero attached hydrogens (tertiary/aromatic N) is 5. The maximum atomic E-state index is 12.3. The lowest BCUT2D eigenvalue weighted by Crippen LogP contribution is -2.44. The van der Waals surface area contributed by atoms with Crippen molar-refractivity contribution in [3.63, 3.8) is 0 Å². The SMILES string of the molecule is CS(=O)(=O)NCC(=O)N1CCC(CCn2c(Sc3cc4c(cc3Br)OCO4)nc3c(N)ncnc32)CC1. The fourth-order valence-corrected chi connectivity index (χ4v) is 6.27. The third-order valence-corrected chi connectivity index (χ3v) is 9.01. The van der Waals surface area contributed by atoms with Crippen molar-refractivity contribution in [3.8, 4) is 11.5 Å². The number of imidazole rings is 1. The van der Waals surface area contributed by atoms with Crippen LogP contribution in [0.25, 0.3) is 11.2 Å². The summed E-state index contributed by atoms with van der Waals surface area (Å²) in [6, 6.07) is 3.80. The van der Waals surface area contributed by atoms with Gasteiger partial charge in [-0.05, 0) is 53.2 Å². The van der Waals surface area contributed by atoms with E-state index in [1.165, 1.54) is 18.1 Å². The number of hydrogen-bond acceptors (Lipinski definition) is 10. The average molecular weight is 613 g/mol. The van der Waals surface area contributed by atoms with Gasteiger partial charge in [-0.1, -0.05) is 11.8 Å². The Morgan fingerprint density at radius 1 is 1.24 bits per heavy atom. The molecule has 0 atom stereocenters. The number of sulfonamides is 1. The number of hydrogen-bond donors (Lipinski definition) is 2. The molecule has 37 heavy (non-hydrogen) atoms. The first-order valence-corrected chi connectivity index (χ1v) is 15.1. The summed E-state index contributed by atoms with van der Waals surface area (Å²) in [5.41, 5.74) is 7.34. The third kappa shape index (κ3) is 5.94. The molecule has 3 N–H and O–H groups in total. The molecule has 0 bridgehead atoms. The highest BCUT2D eigenvalue weighted by atomic mass is 79.9. The van der Waals surface area contributed by atoms with E-state index in [9.17, 15) is 13.2 Å². The number of anilines is 1. The van der Waals surface area contributed by atoms with Crippen LogP contribution in [0.1, 0.15) is 19.3 Å². The lowest BCUT2D eigenvalue weighted by molar-refractivity contribution is -0.131. The lowest BCUT2D eigenvalue weighted by atomic mass is 9.93. The van der Waals surface area contributed by atoms with Crippen LogP contribution in [0.2, 0.25) is 0 Å². The number of nitrogens with one attached hydrogen (secondary N) is 1. The van der Waals surface area contributed by atoms with E-state index in [-0.39, 0.29) is 19.2 Å². The van der Waals surface area contributed by atoms with E-state index in [1.54, 1.807) is 4.90 Å². The Morgan fingerprint density at radius 3 is 2.70 bits per heavy atom. The highest BCUT2D eigenvalue weighted by Gasteiger charge is 2.25. The minimum absolute atomic E-state index is 0.194. The molecule has 0 radical (unpaired) electrons. The second-order valence-electron chi connectivity index (χ2n) is 8.92. The Balaban J connectivity index is 1.28. The molecule has 1 amide bonds. The largest absolute Gasteiger partial charge is 0.454 e. The van der Waals surface area contributed by atoms with E-state index in [4.69, 9.17) is 20.2 Å². The van der Waals surface area contributed by atoms with Crippen molar-refractivity contribution in [1.29, 1.82) is 0 Å². The number of benzene rings is 1. The molecular weight excluding hydrogens is 586 g/mol. The molecule has 1 fully saturated rings. The Labute approximate surface area is 226 Å². The van der Waals surface area contributed by atoms with Crippen molar-refractivity contribution >= 4 is 60.6 Å². The van der Waals surface area contributed by atoms with Crippen LogP contribution in [0.4, 0.5) is 5.82 Å². The van der Waals surface area contributed by atoms with Gasteiger partial charge in [0.15, 0.2) is 33.6 Å². The fraction of sp³-hybridized carbons (Fsp3) is 0.455. The molecule has 4 heterocycles. The van der Waals surface area contributed by atoms with Gasteiger partial charge in [-0.15, -0.1) is 0 Å². The molecule has 2 aromatic heterocycles. The molecule has 0 aliphatic carbocycles. The zero-order valence-electron chi connectivity index (χ0n) is 20.0. The van der Waals surface area contributed by atoms with Gasteiger partial charge in [0.05, 0.1) is 12.8 Å². The predicted molar refractivity (Wildman–Crippen MR) is 141 cm³/mol. The van der Waals surface area contributed by atoms with Crippen molar-refractivity contribution in [3.05, 3.63) is 22.9 Å². The second-order valence-corrected chi connectivity index (χ2v) is 12.6. The average Bonchev–Trinajstić information content (AvgIpc) is 3.46. The summed E-state index contributed by atoms with van der Waals surface area (Å²) in [6.07, 6.45) is 5.03. The van der Waals surface area contributed by atoms with Crippen LogP contribution in [0, 0.1) is 5.92 Å². The zero-order chi connectivity index (χ0) is 26.2. The molecular formula is C22H26BrN7O5S2. The number of amides is 1. The number of rotatable bonds is 8. The van der Waals surface area contributed by atoms with Gasteiger partial charge in [-0.3, -0.25) is 4.79 Å². The van der Waals surface area contributed by atoms with Crippen molar-refractivity contribution < 1.29 is 22.7 Å². The maximum Gasteiger partial charge on any atom is 0.237 e. The summed E-state index contributed by atoms with van der Waals surface area (Å²) in [7, 11) is -3.40. The van der Waals surface area contributed by atoms with Gasteiger partial charge in [-0.25, -0.2) is 28.1 Å². The molecule has 3 aromatic rings. The van der Waals surface area contributed by atoms with Crippen molar-refractivity contribution in [2.24, 2.45) is 5.92 Å². The first-order valence-electron chi connectivity index (χ1n) is 11.6. The summed E-state index contributed by atoms with van der Waals surface area (Å²) < 4.78 is 38.7. The summed E-state index contributed by atoms with van der Waals surface area (Å²) in [6.45, 7) is 1.85. The molecule has 0 spiro atoms. The summed E-state index contributed by atoms with van der Waals surface area (Å²) in [5, 5.41) is 0.737. The second kappa shape index (κ2) is 10.6. The van der Waals surface area contributed by atoms with E-state index in [1.807, 2.05) is 12.1 Å². The van der Waals surface area contributed by atoms with Crippen LogP contribution < -0.4 is 19.9 Å². The van der Waals surface area contributed by atoms with Gasteiger partial charge >= 0.3 is 0 Å². The van der Waals surface area contributed by atoms with Gasteiger partial charge in [0.1, 0.15) is 6.33 Å². The van der Waals surface area contributed by atoms with Crippen LogP contribution >= 0.6 is 27.7 Å². The molecule has 1 aromatic carbocycles. The van der Waals surface area contributed by atoms with Crippen molar-refractivity contribution in [2.75, 3.05) is 38.4 Å². The number of piperidine rings is 1. The van der Waals surface area contributed by atoms with Crippen molar-refractivity contribution in [2.45, 2.75) is 35.9 Å². The number of nitrogen functional groups attached to an aromatic ring is 1. The predicted octanol–water partition coefficient (Wildman–Crippen LogP) is 2.23. The number of carbonyl (C=O) groups is 1. The Morgan fingerprint density at radius 2 is 1.97 bits per heavy atom. The van der Waals surface area contributed by atoms with Crippen molar-refractivity contribution in [1.82, 2.24) is 29.1 Å². The summed E-state index contributed by atoms with van der Waals surface area (Å²) in [4.78, 5) is 28.3. The highest BCUT2D eigenvalue weighted by Crippen LogP contribution is 2.43. The lowest BCUT2D eigenvalue weighted by Gasteiger charge is -2.32. The van der Waals surface area contributed by atoms with E-state index in [0.29, 0.717) is 54.0 Å². The van der Waals surface area contributed by atoms with Gasteiger partial charge in [0.2, 0.25) is 22.7 Å². The minimum Gasteiger partial charge on any atom is -0.454 e. The highest BCUT2D eigenvalue weighted by molar-refractivity contribution is 9.10. The first kappa shape index (κ1) is 26.0. The molecule has 1 saturated heterocycles. The number of carbonyl (C=O) groups excluding carboxylic acids is 1. The van der Waals surface area contributed by atoms with Gasteiger partial charge < -0.3 is 24.7 Å². The molecule has 12 nitrogen and oxygen atoms in total. The number of nitrogens with two attached hydrogens (primary N) is 1. The third-order valence-electron chi connectivity index (χ3n) is 6.37. The van der Waals surface area contributed by atoms with E-state index in [0.717, 1.165) is 40.0 Å². The van der Waals surface area contributed by atoms with Crippen LogP contribution in [0.5, 0.6) is 11.5 Å². The summed E-state index contributed by atoms with van der Waals surface area (Å²) >= 11 is 5.09. The maximum absolute atomic E-state index is 12.3. The van der Waals surface area contributed by atoms with Gasteiger partial charge in [0, 0.05) is 29.0 Å². The Bertz CT molecular complexity index is 1440. The monoisotopic (exact) mass is 611 g/mol. The zero-order valence-corrected chi connectivity index (χ0v) is 23.2. The molecule has 15 heteroatoms.